The number of nitrogens with one attached hydrogen (secondary N) is 1. The van der Waals surface area contributed by atoms with E-state index >= 15 is 0 Å². The minimum atomic E-state index is -4.25. The molecule has 0 fully saturated rings. The molecule has 0 unspecified atom stereocenters. The maximum atomic E-state index is 14.0. The fraction of sp³-hybridized carbons (Fsp3) is 0.310. The summed E-state index contributed by atoms with van der Waals surface area (Å²) in [5.74, 6) is -0.614. The highest BCUT2D eigenvalue weighted by Gasteiger charge is 2.33. The molecule has 1 atom stereocenters. The molecule has 1 N–H and O–H groups in total. The Labute approximate surface area is 245 Å². The summed E-state index contributed by atoms with van der Waals surface area (Å²) < 4.78 is 34.7. The summed E-state index contributed by atoms with van der Waals surface area (Å²) in [7, 11) is -4.25. The Morgan fingerprint density at radius 2 is 1.52 bits per heavy atom. The Hall–Kier alpha value is -3.27. The number of nitrogens with zero attached hydrogens (tertiary/aromatic N) is 2. The lowest BCUT2D eigenvalue weighted by Crippen LogP contribution is -2.51. The van der Waals surface area contributed by atoms with Crippen LogP contribution in [0.25, 0.3) is 0 Å². The molecule has 0 aliphatic heterocycles. The van der Waals surface area contributed by atoms with Crippen LogP contribution >= 0.6 is 23.2 Å². The van der Waals surface area contributed by atoms with Crippen LogP contribution < -0.4 is 14.4 Å². The molecule has 40 heavy (non-hydrogen) atoms. The van der Waals surface area contributed by atoms with Gasteiger partial charge in [0.05, 0.1) is 17.2 Å². The fourth-order valence-electron chi connectivity index (χ4n) is 3.95. The summed E-state index contributed by atoms with van der Waals surface area (Å²) in [6, 6.07) is 18.3. The third-order valence-electron chi connectivity index (χ3n) is 6.10. The van der Waals surface area contributed by atoms with Gasteiger partial charge in [-0.3, -0.25) is 13.9 Å². The number of hydrogen-bond acceptors (Lipinski definition) is 5. The number of halogens is 2. The summed E-state index contributed by atoms with van der Waals surface area (Å²) in [5, 5.41) is 3.72. The lowest BCUT2D eigenvalue weighted by molar-refractivity contribution is -0.139. The van der Waals surface area contributed by atoms with Crippen molar-refractivity contribution in [3.05, 3.63) is 88.4 Å². The Balaban J connectivity index is 2.06. The van der Waals surface area contributed by atoms with Gasteiger partial charge >= 0.3 is 0 Å². The van der Waals surface area contributed by atoms with Gasteiger partial charge in [-0.1, -0.05) is 54.4 Å². The van der Waals surface area contributed by atoms with E-state index in [0.29, 0.717) is 22.3 Å². The molecule has 0 spiro atoms. The Bertz CT molecular complexity index is 1400. The van der Waals surface area contributed by atoms with Crippen molar-refractivity contribution in [1.29, 1.82) is 0 Å². The minimum absolute atomic E-state index is 0.0472. The molecule has 0 aromatic heterocycles. The quantitative estimate of drug-likeness (QED) is 0.276. The van der Waals surface area contributed by atoms with Crippen molar-refractivity contribution >= 4 is 50.7 Å². The van der Waals surface area contributed by atoms with Gasteiger partial charge in [-0.05, 0) is 74.4 Å². The summed E-state index contributed by atoms with van der Waals surface area (Å²) in [4.78, 5) is 28.2. The van der Waals surface area contributed by atoms with Crippen molar-refractivity contribution in [3.8, 4) is 5.75 Å². The highest BCUT2D eigenvalue weighted by Crippen LogP contribution is 2.33. The third-order valence-corrected chi connectivity index (χ3v) is 8.37. The summed E-state index contributed by atoms with van der Waals surface area (Å²) in [6.45, 7) is 5.56. The molecule has 8 nitrogen and oxygen atoms in total. The van der Waals surface area contributed by atoms with E-state index < -0.39 is 28.5 Å². The first kappa shape index (κ1) is 31.3. The number of benzene rings is 3. The van der Waals surface area contributed by atoms with Crippen LogP contribution in [0.5, 0.6) is 5.75 Å². The molecule has 0 bridgehead atoms. The number of ether oxygens (including phenoxy) is 1. The summed E-state index contributed by atoms with van der Waals surface area (Å²) in [5.41, 5.74) is 0.928. The van der Waals surface area contributed by atoms with E-state index in [0.717, 1.165) is 16.3 Å². The van der Waals surface area contributed by atoms with E-state index in [2.05, 4.69) is 5.32 Å². The first-order valence-corrected chi connectivity index (χ1v) is 15.1. The van der Waals surface area contributed by atoms with Crippen LogP contribution in [0.3, 0.4) is 0 Å². The van der Waals surface area contributed by atoms with E-state index in [1.807, 2.05) is 6.92 Å². The molecule has 3 aromatic carbocycles. The standard InChI is InChI=1S/C29H33Cl2N3O5S/c1-4-18-32-29(36)21(3)33(19-22-10-12-23(30)13-11-22)28(35)20-34(26-8-6-7-9-27(26)39-5-2)40(37,38)25-16-14-24(31)15-17-25/h6-17,21H,4-5,18-20H2,1-3H3,(H,32,36)/t21-/m1/s1. The average molecular weight is 607 g/mol. The number of carbonyl (C=O) groups excluding carboxylic acids is 2. The van der Waals surface area contributed by atoms with Gasteiger partial charge in [0, 0.05) is 23.1 Å². The summed E-state index contributed by atoms with van der Waals surface area (Å²) >= 11 is 12.0. The third kappa shape index (κ3) is 7.90. The number of rotatable bonds is 13. The lowest BCUT2D eigenvalue weighted by atomic mass is 10.1. The van der Waals surface area contributed by atoms with E-state index in [4.69, 9.17) is 27.9 Å². The number of para-hydroxylation sites is 2. The molecule has 0 radical (unpaired) electrons. The second kappa shape index (κ2) is 14.4. The summed E-state index contributed by atoms with van der Waals surface area (Å²) in [6.07, 6.45) is 0.727. The van der Waals surface area contributed by atoms with Gasteiger partial charge in [-0.2, -0.15) is 0 Å². The van der Waals surface area contributed by atoms with Crippen molar-refractivity contribution < 1.29 is 22.7 Å². The SMILES string of the molecule is CCCNC(=O)[C@@H](C)N(Cc1ccc(Cl)cc1)C(=O)CN(c1ccccc1OCC)S(=O)(=O)c1ccc(Cl)cc1. The molecule has 3 aromatic rings. The average Bonchev–Trinajstić information content (AvgIpc) is 2.94. The van der Waals surface area contributed by atoms with Gasteiger partial charge in [-0.15, -0.1) is 0 Å². The molecule has 11 heteroatoms. The molecule has 0 saturated carbocycles. The van der Waals surface area contributed by atoms with Crippen molar-refractivity contribution in [3.63, 3.8) is 0 Å². The van der Waals surface area contributed by atoms with E-state index in [-0.39, 0.29) is 29.6 Å². The molecule has 0 saturated heterocycles. The molecule has 0 heterocycles. The fourth-order valence-corrected chi connectivity index (χ4v) is 5.63. The zero-order chi connectivity index (χ0) is 29.3. The van der Waals surface area contributed by atoms with Crippen molar-refractivity contribution in [2.45, 2.75) is 44.7 Å². The van der Waals surface area contributed by atoms with Crippen LogP contribution in [-0.2, 0) is 26.2 Å². The maximum absolute atomic E-state index is 14.0. The number of sulfonamides is 1. The molecule has 0 aliphatic carbocycles. The predicted octanol–water partition coefficient (Wildman–Crippen LogP) is 5.53. The van der Waals surface area contributed by atoms with E-state index in [9.17, 15) is 18.0 Å². The van der Waals surface area contributed by atoms with Gasteiger partial charge in [0.25, 0.3) is 10.0 Å². The van der Waals surface area contributed by atoms with Gasteiger partial charge in [0.2, 0.25) is 11.8 Å². The number of carbonyl (C=O) groups is 2. The highest BCUT2D eigenvalue weighted by atomic mass is 35.5. The second-order valence-electron chi connectivity index (χ2n) is 8.98. The van der Waals surface area contributed by atoms with Crippen LogP contribution in [-0.4, -0.2) is 50.9 Å². The van der Waals surface area contributed by atoms with E-state index in [1.54, 1.807) is 62.4 Å². The first-order chi connectivity index (χ1) is 19.1. The minimum Gasteiger partial charge on any atom is -0.492 e. The van der Waals surface area contributed by atoms with Crippen LogP contribution in [0.2, 0.25) is 10.0 Å². The largest absolute Gasteiger partial charge is 0.492 e. The maximum Gasteiger partial charge on any atom is 0.264 e. The molecule has 0 aliphatic rings. The number of anilines is 1. The Morgan fingerprint density at radius 1 is 0.925 bits per heavy atom. The van der Waals surface area contributed by atoms with Crippen molar-refractivity contribution in [2.75, 3.05) is 24.0 Å². The van der Waals surface area contributed by atoms with E-state index in [1.165, 1.54) is 29.2 Å². The molecule has 2 amide bonds. The van der Waals surface area contributed by atoms with Crippen LogP contribution in [0, 0.1) is 0 Å². The Kier molecular flexibility index (Phi) is 11.2. The van der Waals surface area contributed by atoms with Crippen LogP contribution in [0.15, 0.2) is 77.7 Å². The predicted molar refractivity (Wildman–Crippen MR) is 158 cm³/mol. The Morgan fingerprint density at radius 3 is 2.12 bits per heavy atom. The monoisotopic (exact) mass is 605 g/mol. The normalized spacial score (nSPS) is 11.9. The zero-order valence-electron chi connectivity index (χ0n) is 22.6. The van der Waals surface area contributed by atoms with Crippen molar-refractivity contribution in [1.82, 2.24) is 10.2 Å². The van der Waals surface area contributed by atoms with Gasteiger partial charge in [0.15, 0.2) is 0 Å². The molecular weight excluding hydrogens is 573 g/mol. The van der Waals surface area contributed by atoms with Gasteiger partial charge < -0.3 is 15.0 Å². The molecular formula is C29H33Cl2N3O5S. The topological polar surface area (TPSA) is 96.0 Å². The molecule has 214 valence electrons. The molecule has 3 rings (SSSR count). The van der Waals surface area contributed by atoms with Gasteiger partial charge in [0.1, 0.15) is 18.3 Å². The van der Waals surface area contributed by atoms with Crippen LogP contribution in [0.4, 0.5) is 5.69 Å². The smallest absolute Gasteiger partial charge is 0.264 e. The highest BCUT2D eigenvalue weighted by molar-refractivity contribution is 7.92. The first-order valence-electron chi connectivity index (χ1n) is 12.9. The lowest BCUT2D eigenvalue weighted by Gasteiger charge is -2.32. The second-order valence-corrected chi connectivity index (χ2v) is 11.7. The van der Waals surface area contributed by atoms with Gasteiger partial charge in [-0.25, -0.2) is 8.42 Å². The zero-order valence-corrected chi connectivity index (χ0v) is 25.0. The number of hydrogen-bond donors (Lipinski definition) is 1. The van der Waals surface area contributed by atoms with Crippen LogP contribution in [0.1, 0.15) is 32.8 Å². The number of amides is 2. The van der Waals surface area contributed by atoms with Crippen molar-refractivity contribution in [2.24, 2.45) is 0 Å².